The standard InChI is InChI=1S/C29H31F3N2O5S2/c1-28(2,3)21-11-9-20(10-12-21)27(35)34-17-15-22(16-18-34)33-41(38,39)26-19-24(13-14-25(26)29(30,31)32)40(36,37)23-7-5-4-6-8-23/h4-14,19,22,33H,15-18H2,1-3H3. The maximum atomic E-state index is 13.8. The number of nitrogens with zero attached hydrogens (tertiary/aromatic N) is 1. The quantitative estimate of drug-likeness (QED) is 0.403. The SMILES string of the molecule is CC(C)(C)c1ccc(C(=O)N2CCC(NS(=O)(=O)c3cc(S(=O)(=O)c4ccccc4)ccc3C(F)(F)F)CC2)cc1. The van der Waals surface area contributed by atoms with Crippen LogP contribution in [0.15, 0.2) is 87.5 Å². The average Bonchev–Trinajstić information content (AvgIpc) is 2.92. The molecular weight excluding hydrogens is 577 g/mol. The first-order chi connectivity index (χ1) is 19.0. The van der Waals surface area contributed by atoms with Gasteiger partial charge in [0.25, 0.3) is 5.91 Å². The molecule has 12 heteroatoms. The van der Waals surface area contributed by atoms with E-state index in [2.05, 4.69) is 25.5 Å². The first-order valence-corrected chi connectivity index (χ1v) is 15.9. The van der Waals surface area contributed by atoms with Crippen molar-refractivity contribution in [3.63, 3.8) is 0 Å². The monoisotopic (exact) mass is 608 g/mol. The molecule has 0 saturated carbocycles. The third-order valence-electron chi connectivity index (χ3n) is 7.01. The van der Waals surface area contributed by atoms with E-state index in [1.54, 1.807) is 23.1 Å². The van der Waals surface area contributed by atoms with Gasteiger partial charge in [-0.15, -0.1) is 0 Å². The van der Waals surface area contributed by atoms with Gasteiger partial charge in [-0.05, 0) is 66.3 Å². The number of piperidine rings is 1. The zero-order chi connectivity index (χ0) is 30.2. The number of sulfonamides is 1. The second kappa shape index (κ2) is 11.2. The van der Waals surface area contributed by atoms with Crippen LogP contribution in [-0.4, -0.2) is 46.8 Å². The number of sulfone groups is 1. The molecule has 0 atom stereocenters. The highest BCUT2D eigenvalue weighted by molar-refractivity contribution is 7.91. The molecule has 41 heavy (non-hydrogen) atoms. The number of rotatable bonds is 6. The van der Waals surface area contributed by atoms with E-state index in [4.69, 9.17) is 0 Å². The minimum atomic E-state index is -5.04. The second-order valence-electron chi connectivity index (χ2n) is 11.0. The van der Waals surface area contributed by atoms with Crippen molar-refractivity contribution in [2.45, 2.75) is 65.9 Å². The van der Waals surface area contributed by atoms with Crippen LogP contribution in [0.2, 0.25) is 0 Å². The molecular formula is C29H31F3N2O5S2. The largest absolute Gasteiger partial charge is 0.417 e. The Hall–Kier alpha value is -3.22. The Labute approximate surface area is 238 Å². The molecule has 0 aliphatic carbocycles. The molecule has 0 aromatic heterocycles. The topological polar surface area (TPSA) is 101 Å². The maximum absolute atomic E-state index is 13.8. The lowest BCUT2D eigenvalue weighted by Crippen LogP contribution is -2.46. The molecule has 3 aromatic carbocycles. The molecule has 220 valence electrons. The molecule has 1 heterocycles. The molecule has 1 saturated heterocycles. The summed E-state index contributed by atoms with van der Waals surface area (Å²) in [4.78, 5) is 12.6. The minimum Gasteiger partial charge on any atom is -0.339 e. The summed E-state index contributed by atoms with van der Waals surface area (Å²) >= 11 is 0. The zero-order valence-corrected chi connectivity index (χ0v) is 24.4. The Morgan fingerprint density at radius 1 is 0.829 bits per heavy atom. The van der Waals surface area contributed by atoms with Gasteiger partial charge in [-0.1, -0.05) is 51.1 Å². The van der Waals surface area contributed by atoms with E-state index in [0.29, 0.717) is 17.7 Å². The van der Waals surface area contributed by atoms with Gasteiger partial charge in [-0.2, -0.15) is 13.2 Å². The van der Waals surface area contributed by atoms with Gasteiger partial charge in [0.1, 0.15) is 0 Å². The van der Waals surface area contributed by atoms with Crippen molar-refractivity contribution < 1.29 is 34.8 Å². The van der Waals surface area contributed by atoms with Crippen LogP contribution in [0.3, 0.4) is 0 Å². The number of hydrogen-bond acceptors (Lipinski definition) is 5. The summed E-state index contributed by atoms with van der Waals surface area (Å²) in [5.41, 5.74) is 0.0153. The summed E-state index contributed by atoms with van der Waals surface area (Å²) in [5, 5.41) is 0. The molecule has 0 bridgehead atoms. The Balaban J connectivity index is 1.53. The van der Waals surface area contributed by atoms with Crippen molar-refractivity contribution in [3.05, 3.63) is 89.5 Å². The molecule has 4 rings (SSSR count). The molecule has 1 aliphatic rings. The summed E-state index contributed by atoms with van der Waals surface area (Å²) in [7, 11) is -9.06. The number of nitrogens with one attached hydrogen (secondary N) is 1. The van der Waals surface area contributed by atoms with E-state index < -0.39 is 47.4 Å². The Morgan fingerprint density at radius 3 is 1.95 bits per heavy atom. The number of alkyl halides is 3. The lowest BCUT2D eigenvalue weighted by atomic mass is 9.86. The normalized spacial score (nSPS) is 15.6. The number of hydrogen-bond donors (Lipinski definition) is 1. The summed E-state index contributed by atoms with van der Waals surface area (Å²) in [6.07, 6.45) is -4.69. The van der Waals surface area contributed by atoms with E-state index in [1.807, 2.05) is 12.1 Å². The van der Waals surface area contributed by atoms with E-state index >= 15 is 0 Å². The Bertz CT molecular complexity index is 1620. The fraction of sp³-hybridized carbons (Fsp3) is 0.345. The van der Waals surface area contributed by atoms with Crippen molar-refractivity contribution in [1.82, 2.24) is 9.62 Å². The van der Waals surface area contributed by atoms with E-state index in [9.17, 15) is 34.8 Å². The van der Waals surface area contributed by atoms with Crippen LogP contribution >= 0.6 is 0 Å². The minimum absolute atomic E-state index is 0.0751. The Kier molecular flexibility index (Phi) is 8.41. The molecule has 1 N–H and O–H groups in total. The molecule has 1 aliphatic heterocycles. The van der Waals surface area contributed by atoms with Crippen molar-refractivity contribution in [2.75, 3.05) is 13.1 Å². The van der Waals surface area contributed by atoms with Crippen LogP contribution in [-0.2, 0) is 31.5 Å². The number of carbonyl (C=O) groups excluding carboxylic acids is 1. The first-order valence-electron chi connectivity index (χ1n) is 12.9. The number of amides is 1. The summed E-state index contributed by atoms with van der Waals surface area (Å²) in [6, 6.07) is 15.3. The smallest absolute Gasteiger partial charge is 0.339 e. The van der Waals surface area contributed by atoms with E-state index in [0.717, 1.165) is 11.6 Å². The van der Waals surface area contributed by atoms with Gasteiger partial charge in [0.15, 0.2) is 0 Å². The predicted octanol–water partition coefficient (Wildman–Crippen LogP) is 5.42. The van der Waals surface area contributed by atoms with Gasteiger partial charge in [0, 0.05) is 24.7 Å². The van der Waals surface area contributed by atoms with Crippen LogP contribution in [0, 0.1) is 0 Å². The van der Waals surface area contributed by atoms with Crippen molar-refractivity contribution in [1.29, 1.82) is 0 Å². The van der Waals surface area contributed by atoms with Crippen LogP contribution in [0.5, 0.6) is 0 Å². The molecule has 0 unspecified atom stereocenters. The highest BCUT2D eigenvalue weighted by Crippen LogP contribution is 2.36. The number of benzene rings is 3. The van der Waals surface area contributed by atoms with Crippen molar-refractivity contribution in [2.24, 2.45) is 0 Å². The van der Waals surface area contributed by atoms with Crippen LogP contribution in [0.1, 0.15) is 55.1 Å². The van der Waals surface area contributed by atoms with Crippen molar-refractivity contribution in [3.8, 4) is 0 Å². The van der Waals surface area contributed by atoms with Gasteiger partial charge >= 0.3 is 6.18 Å². The fourth-order valence-electron chi connectivity index (χ4n) is 4.64. The van der Waals surface area contributed by atoms with Crippen molar-refractivity contribution >= 4 is 25.8 Å². The highest BCUT2D eigenvalue weighted by atomic mass is 32.2. The van der Waals surface area contributed by atoms with Crippen LogP contribution in [0.25, 0.3) is 0 Å². The molecule has 0 radical (unpaired) electrons. The van der Waals surface area contributed by atoms with Crippen LogP contribution in [0.4, 0.5) is 13.2 Å². The number of carbonyl (C=O) groups is 1. The predicted molar refractivity (Wildman–Crippen MR) is 148 cm³/mol. The third-order valence-corrected chi connectivity index (χ3v) is 10.3. The number of halogens is 3. The highest BCUT2D eigenvalue weighted by Gasteiger charge is 2.39. The molecule has 0 spiro atoms. The number of likely N-dealkylation sites (tertiary alicyclic amines) is 1. The first kappa shape index (κ1) is 30.7. The van der Waals surface area contributed by atoms with E-state index in [-0.39, 0.29) is 42.1 Å². The van der Waals surface area contributed by atoms with Gasteiger partial charge < -0.3 is 4.90 Å². The third kappa shape index (κ3) is 6.82. The lowest BCUT2D eigenvalue weighted by Gasteiger charge is -2.32. The molecule has 1 amide bonds. The maximum Gasteiger partial charge on any atom is 0.417 e. The average molecular weight is 609 g/mol. The van der Waals surface area contributed by atoms with Crippen LogP contribution < -0.4 is 4.72 Å². The lowest BCUT2D eigenvalue weighted by molar-refractivity contribution is -0.139. The summed E-state index contributed by atoms with van der Waals surface area (Å²) in [5.74, 6) is -0.218. The second-order valence-corrected chi connectivity index (χ2v) is 14.6. The van der Waals surface area contributed by atoms with E-state index in [1.165, 1.54) is 24.3 Å². The van der Waals surface area contributed by atoms with Gasteiger partial charge in [0.05, 0.1) is 20.2 Å². The molecule has 3 aromatic rings. The Morgan fingerprint density at radius 2 is 1.41 bits per heavy atom. The zero-order valence-electron chi connectivity index (χ0n) is 22.8. The molecule has 7 nitrogen and oxygen atoms in total. The summed E-state index contributed by atoms with van der Waals surface area (Å²) < 4.78 is 96.3. The summed E-state index contributed by atoms with van der Waals surface area (Å²) in [6.45, 7) is 6.58. The fourth-order valence-corrected chi connectivity index (χ4v) is 7.58. The van der Waals surface area contributed by atoms with Gasteiger partial charge in [-0.25, -0.2) is 21.6 Å². The van der Waals surface area contributed by atoms with Gasteiger partial charge in [-0.3, -0.25) is 4.79 Å². The van der Waals surface area contributed by atoms with Gasteiger partial charge in [0.2, 0.25) is 19.9 Å². The molecule has 1 fully saturated rings.